The zero-order chi connectivity index (χ0) is 18.9. The van der Waals surface area contributed by atoms with E-state index >= 15 is 0 Å². The normalized spacial score (nSPS) is 10.6. The summed E-state index contributed by atoms with van der Waals surface area (Å²) in [5, 5.41) is 11.4. The average Bonchev–Trinajstić information content (AvgIpc) is 3.15. The predicted molar refractivity (Wildman–Crippen MR) is 103 cm³/mol. The molecular formula is C20H20ClN3O3. The lowest BCUT2D eigenvalue weighted by molar-refractivity contribution is -0.121. The molecule has 3 aromatic rings. The number of aromatic nitrogens is 2. The lowest BCUT2D eigenvalue weighted by Gasteiger charge is -2.06. The van der Waals surface area contributed by atoms with Crippen molar-refractivity contribution in [1.82, 2.24) is 15.5 Å². The van der Waals surface area contributed by atoms with Crippen LogP contribution in [0.3, 0.4) is 0 Å². The predicted octanol–water partition coefficient (Wildman–Crippen LogP) is 3.91. The highest BCUT2D eigenvalue weighted by Crippen LogP contribution is 2.26. The molecule has 0 saturated carbocycles. The van der Waals surface area contributed by atoms with Crippen LogP contribution < -0.4 is 10.1 Å². The van der Waals surface area contributed by atoms with Crippen molar-refractivity contribution in [3.8, 4) is 17.2 Å². The molecule has 0 bridgehead atoms. The Morgan fingerprint density at radius 3 is 2.67 bits per heavy atom. The zero-order valence-corrected chi connectivity index (χ0v) is 15.5. The van der Waals surface area contributed by atoms with Gasteiger partial charge in [-0.25, -0.2) is 0 Å². The number of nitrogens with zero attached hydrogens (tertiary/aromatic N) is 2. The van der Waals surface area contributed by atoms with E-state index in [1.54, 1.807) is 6.07 Å². The van der Waals surface area contributed by atoms with Crippen LogP contribution in [0.5, 0.6) is 5.75 Å². The number of nitrogens with one attached hydrogen (secondary N) is 1. The quantitative estimate of drug-likeness (QED) is 0.565. The van der Waals surface area contributed by atoms with Gasteiger partial charge in [-0.2, -0.15) is 0 Å². The van der Waals surface area contributed by atoms with Crippen LogP contribution >= 0.6 is 11.6 Å². The second-order valence-corrected chi connectivity index (χ2v) is 6.25. The maximum atomic E-state index is 11.9. The van der Waals surface area contributed by atoms with Crippen LogP contribution in [0.15, 0.2) is 59.0 Å². The number of hydrogen-bond donors (Lipinski definition) is 1. The number of rotatable bonds is 9. The van der Waals surface area contributed by atoms with Crippen molar-refractivity contribution in [2.75, 3.05) is 13.2 Å². The van der Waals surface area contributed by atoms with Crippen LogP contribution in [0, 0.1) is 0 Å². The molecule has 0 atom stereocenters. The number of benzene rings is 2. The number of hydrogen-bond acceptors (Lipinski definition) is 5. The van der Waals surface area contributed by atoms with E-state index in [2.05, 4.69) is 15.5 Å². The molecule has 140 valence electrons. The van der Waals surface area contributed by atoms with Crippen molar-refractivity contribution in [2.45, 2.75) is 19.3 Å². The minimum absolute atomic E-state index is 0.0301. The number of para-hydroxylation sites is 1. The summed E-state index contributed by atoms with van der Waals surface area (Å²) >= 11 is 6.12. The summed E-state index contributed by atoms with van der Waals surface area (Å²) < 4.78 is 11.2. The topological polar surface area (TPSA) is 77.2 Å². The van der Waals surface area contributed by atoms with Gasteiger partial charge in [0, 0.05) is 19.4 Å². The van der Waals surface area contributed by atoms with Gasteiger partial charge in [0.2, 0.25) is 17.7 Å². The SMILES string of the molecule is O=C(CCCOc1ccccc1)NCCc1nnc(-c2ccccc2Cl)o1. The Balaban J connectivity index is 1.35. The van der Waals surface area contributed by atoms with Gasteiger partial charge in [-0.05, 0) is 30.7 Å². The molecule has 27 heavy (non-hydrogen) atoms. The van der Waals surface area contributed by atoms with E-state index in [4.69, 9.17) is 20.8 Å². The first-order valence-electron chi connectivity index (χ1n) is 8.74. The smallest absolute Gasteiger partial charge is 0.249 e. The minimum Gasteiger partial charge on any atom is -0.494 e. The van der Waals surface area contributed by atoms with Gasteiger partial charge in [-0.1, -0.05) is 41.9 Å². The molecule has 3 rings (SSSR count). The number of carbonyl (C=O) groups is 1. The number of ether oxygens (including phenoxy) is 1. The number of carbonyl (C=O) groups excluding carboxylic acids is 1. The molecule has 7 heteroatoms. The second kappa shape index (κ2) is 9.73. The van der Waals surface area contributed by atoms with Gasteiger partial charge in [0.25, 0.3) is 0 Å². The highest BCUT2D eigenvalue weighted by molar-refractivity contribution is 6.33. The fourth-order valence-electron chi connectivity index (χ4n) is 2.43. The highest BCUT2D eigenvalue weighted by atomic mass is 35.5. The summed E-state index contributed by atoms with van der Waals surface area (Å²) in [7, 11) is 0. The third-order valence-electron chi connectivity index (χ3n) is 3.79. The summed E-state index contributed by atoms with van der Waals surface area (Å²) in [6.45, 7) is 0.935. The molecule has 1 aromatic heterocycles. The van der Waals surface area contributed by atoms with Crippen molar-refractivity contribution < 1.29 is 13.9 Å². The van der Waals surface area contributed by atoms with E-state index in [1.165, 1.54) is 0 Å². The molecule has 0 aliphatic heterocycles. The Hall–Kier alpha value is -2.86. The molecule has 0 fully saturated rings. The van der Waals surface area contributed by atoms with Gasteiger partial charge < -0.3 is 14.5 Å². The van der Waals surface area contributed by atoms with Gasteiger partial charge >= 0.3 is 0 Å². The number of halogens is 1. The van der Waals surface area contributed by atoms with Gasteiger partial charge in [0.15, 0.2) is 0 Å². The van der Waals surface area contributed by atoms with Crippen LogP contribution in [0.25, 0.3) is 11.5 Å². The summed E-state index contributed by atoms with van der Waals surface area (Å²) in [5.41, 5.74) is 0.695. The summed E-state index contributed by atoms with van der Waals surface area (Å²) in [6, 6.07) is 16.8. The van der Waals surface area contributed by atoms with Crippen molar-refractivity contribution in [2.24, 2.45) is 0 Å². The van der Waals surface area contributed by atoms with Gasteiger partial charge in [0.05, 0.1) is 17.2 Å². The third-order valence-corrected chi connectivity index (χ3v) is 4.12. The monoisotopic (exact) mass is 385 g/mol. The molecule has 1 amide bonds. The van der Waals surface area contributed by atoms with E-state index in [0.29, 0.717) is 54.8 Å². The maximum Gasteiger partial charge on any atom is 0.249 e. The first kappa shape index (κ1) is 18.9. The van der Waals surface area contributed by atoms with E-state index in [1.807, 2.05) is 48.5 Å². The number of amides is 1. The first-order chi connectivity index (χ1) is 13.2. The Kier molecular flexibility index (Phi) is 6.82. The molecule has 1 N–H and O–H groups in total. The Bertz CT molecular complexity index is 868. The van der Waals surface area contributed by atoms with Crippen molar-refractivity contribution in [1.29, 1.82) is 0 Å². The average molecular weight is 386 g/mol. The fourth-order valence-corrected chi connectivity index (χ4v) is 2.65. The molecule has 1 heterocycles. The van der Waals surface area contributed by atoms with Crippen LogP contribution in [0.2, 0.25) is 5.02 Å². The Morgan fingerprint density at radius 2 is 1.85 bits per heavy atom. The van der Waals surface area contributed by atoms with Gasteiger partial charge in [-0.3, -0.25) is 4.79 Å². The second-order valence-electron chi connectivity index (χ2n) is 5.85. The highest BCUT2D eigenvalue weighted by Gasteiger charge is 2.11. The van der Waals surface area contributed by atoms with Crippen molar-refractivity contribution in [3.05, 3.63) is 65.5 Å². The van der Waals surface area contributed by atoms with Crippen molar-refractivity contribution >= 4 is 17.5 Å². The third kappa shape index (κ3) is 5.82. The maximum absolute atomic E-state index is 11.9. The molecular weight excluding hydrogens is 366 g/mol. The summed E-state index contributed by atoms with van der Waals surface area (Å²) in [6.07, 6.45) is 1.52. The van der Waals surface area contributed by atoms with Gasteiger partial charge in [-0.15, -0.1) is 10.2 Å². The standard InChI is InChI=1S/C20H20ClN3O3/c21-17-10-5-4-9-16(17)20-24-23-19(27-20)12-13-22-18(25)11-6-14-26-15-7-2-1-3-8-15/h1-5,7-10H,6,11-14H2,(H,22,25). The molecule has 0 saturated heterocycles. The van der Waals surface area contributed by atoms with Crippen LogP contribution in [0.1, 0.15) is 18.7 Å². The molecule has 0 aliphatic carbocycles. The van der Waals surface area contributed by atoms with E-state index in [9.17, 15) is 4.79 Å². The van der Waals surface area contributed by atoms with E-state index in [0.717, 1.165) is 5.75 Å². The first-order valence-corrected chi connectivity index (χ1v) is 9.12. The fraction of sp³-hybridized carbons (Fsp3) is 0.250. The summed E-state index contributed by atoms with van der Waals surface area (Å²) in [4.78, 5) is 11.9. The zero-order valence-electron chi connectivity index (χ0n) is 14.7. The Labute approximate surface area is 162 Å². The minimum atomic E-state index is -0.0301. The lowest BCUT2D eigenvalue weighted by atomic mass is 10.2. The van der Waals surface area contributed by atoms with Crippen LogP contribution in [-0.4, -0.2) is 29.3 Å². The molecule has 0 unspecified atom stereocenters. The molecule has 0 radical (unpaired) electrons. The van der Waals surface area contributed by atoms with E-state index in [-0.39, 0.29) is 5.91 Å². The van der Waals surface area contributed by atoms with Gasteiger partial charge in [0.1, 0.15) is 5.75 Å². The Morgan fingerprint density at radius 1 is 1.07 bits per heavy atom. The van der Waals surface area contributed by atoms with Crippen LogP contribution in [-0.2, 0) is 11.2 Å². The molecule has 6 nitrogen and oxygen atoms in total. The van der Waals surface area contributed by atoms with Crippen molar-refractivity contribution in [3.63, 3.8) is 0 Å². The molecule has 2 aromatic carbocycles. The lowest BCUT2D eigenvalue weighted by Crippen LogP contribution is -2.25. The van der Waals surface area contributed by atoms with Crippen LogP contribution in [0.4, 0.5) is 0 Å². The molecule has 0 spiro atoms. The molecule has 0 aliphatic rings. The largest absolute Gasteiger partial charge is 0.494 e. The summed E-state index contributed by atoms with van der Waals surface area (Å²) in [5.74, 6) is 1.61. The van der Waals surface area contributed by atoms with E-state index < -0.39 is 0 Å².